The van der Waals surface area contributed by atoms with Gasteiger partial charge in [-0.3, -0.25) is 14.7 Å². The molecular formula is C17H20ClN5O3S. The molecule has 0 saturated heterocycles. The maximum Gasteiger partial charge on any atom is 0.321 e. The Morgan fingerprint density at radius 1 is 1.37 bits per heavy atom. The van der Waals surface area contributed by atoms with Crippen molar-refractivity contribution in [2.24, 2.45) is 0 Å². The highest BCUT2D eigenvalue weighted by Crippen LogP contribution is 2.39. The summed E-state index contributed by atoms with van der Waals surface area (Å²) < 4.78 is 7.78. The fraction of sp³-hybridized carbons (Fsp3) is 0.412. The number of imide groups is 1. The molecule has 8 nitrogen and oxygen atoms in total. The number of nitrogens with one attached hydrogen (secondary N) is 2. The maximum absolute atomic E-state index is 12.1. The molecule has 1 aromatic carbocycles. The van der Waals surface area contributed by atoms with E-state index < -0.39 is 17.2 Å². The Hall–Kier alpha value is -2.26. The van der Waals surface area contributed by atoms with Crippen LogP contribution >= 0.6 is 23.4 Å². The van der Waals surface area contributed by atoms with Gasteiger partial charge in [-0.25, -0.2) is 4.79 Å². The standard InChI is InChI=1S/C17H20ClN5O3S/c1-10(15(24)20-16(25)19-2)27-17-22-21-14(23(17)11-7-8-11)9-26-13-6-4-3-5-12(13)18/h3-6,10-11H,7-9H2,1-2H3,(H2,19,20,24,25). The summed E-state index contributed by atoms with van der Waals surface area (Å²) in [6, 6.07) is 7.01. The number of halogens is 1. The van der Waals surface area contributed by atoms with Crippen LogP contribution in [0.3, 0.4) is 0 Å². The Morgan fingerprint density at radius 2 is 2.11 bits per heavy atom. The molecule has 1 unspecified atom stereocenters. The van der Waals surface area contributed by atoms with Gasteiger partial charge in [-0.1, -0.05) is 35.5 Å². The van der Waals surface area contributed by atoms with E-state index in [2.05, 4.69) is 20.8 Å². The van der Waals surface area contributed by atoms with Crippen LogP contribution in [-0.4, -0.2) is 39.0 Å². The Balaban J connectivity index is 1.69. The molecule has 0 aliphatic heterocycles. The predicted molar refractivity (Wildman–Crippen MR) is 102 cm³/mol. The number of nitrogens with zero attached hydrogens (tertiary/aromatic N) is 3. The molecule has 2 aromatic rings. The number of benzene rings is 1. The van der Waals surface area contributed by atoms with Gasteiger partial charge in [0, 0.05) is 13.1 Å². The van der Waals surface area contributed by atoms with E-state index in [1.807, 2.05) is 16.7 Å². The molecule has 1 saturated carbocycles. The van der Waals surface area contributed by atoms with Crippen molar-refractivity contribution in [3.63, 3.8) is 0 Å². The van der Waals surface area contributed by atoms with Crippen LogP contribution in [0.15, 0.2) is 29.4 Å². The van der Waals surface area contributed by atoms with Gasteiger partial charge in [-0.2, -0.15) is 0 Å². The van der Waals surface area contributed by atoms with E-state index in [1.165, 1.54) is 18.8 Å². The Kier molecular flexibility index (Phi) is 6.22. The predicted octanol–water partition coefficient (Wildman–Crippen LogP) is 2.78. The zero-order valence-corrected chi connectivity index (χ0v) is 16.5. The van der Waals surface area contributed by atoms with Crippen molar-refractivity contribution in [2.75, 3.05) is 7.05 Å². The third kappa shape index (κ3) is 4.92. The molecule has 3 amide bonds. The molecule has 2 N–H and O–H groups in total. The van der Waals surface area contributed by atoms with Crippen molar-refractivity contribution in [3.8, 4) is 5.75 Å². The van der Waals surface area contributed by atoms with Crippen LogP contribution in [0, 0.1) is 0 Å². The number of rotatable bonds is 7. The largest absolute Gasteiger partial charge is 0.484 e. The van der Waals surface area contributed by atoms with Crippen LogP contribution in [0.2, 0.25) is 5.02 Å². The van der Waals surface area contributed by atoms with E-state index in [-0.39, 0.29) is 6.61 Å². The normalized spacial score (nSPS) is 14.5. The molecule has 1 fully saturated rings. The van der Waals surface area contributed by atoms with Gasteiger partial charge < -0.3 is 10.1 Å². The van der Waals surface area contributed by atoms with Crippen LogP contribution in [0.25, 0.3) is 0 Å². The van der Waals surface area contributed by atoms with Crippen LogP contribution < -0.4 is 15.4 Å². The number of hydrogen-bond acceptors (Lipinski definition) is 6. The topological polar surface area (TPSA) is 98.1 Å². The fourth-order valence-corrected chi connectivity index (χ4v) is 3.51. The number of carbonyl (C=O) groups is 2. The Morgan fingerprint density at radius 3 is 2.78 bits per heavy atom. The molecule has 1 heterocycles. The van der Waals surface area contributed by atoms with E-state index in [1.54, 1.807) is 19.1 Å². The highest BCUT2D eigenvalue weighted by Gasteiger charge is 2.31. The highest BCUT2D eigenvalue weighted by atomic mass is 35.5. The van der Waals surface area contributed by atoms with Crippen LogP contribution in [0.4, 0.5) is 4.79 Å². The first-order chi connectivity index (χ1) is 13.0. The summed E-state index contributed by atoms with van der Waals surface area (Å²) in [4.78, 5) is 23.4. The molecule has 1 aromatic heterocycles. The van der Waals surface area contributed by atoms with Gasteiger partial charge >= 0.3 is 6.03 Å². The zero-order valence-electron chi connectivity index (χ0n) is 14.9. The third-order valence-corrected chi connectivity index (χ3v) is 5.32. The quantitative estimate of drug-likeness (QED) is 0.682. The van der Waals surface area contributed by atoms with Crippen molar-refractivity contribution in [1.29, 1.82) is 0 Å². The van der Waals surface area contributed by atoms with Crippen LogP contribution in [0.5, 0.6) is 5.75 Å². The first-order valence-corrected chi connectivity index (χ1v) is 9.75. The van der Waals surface area contributed by atoms with Crippen molar-refractivity contribution in [3.05, 3.63) is 35.1 Å². The average Bonchev–Trinajstić information content (AvgIpc) is 3.42. The first-order valence-electron chi connectivity index (χ1n) is 8.50. The molecule has 1 aliphatic rings. The van der Waals surface area contributed by atoms with Gasteiger partial charge in [-0.05, 0) is 31.9 Å². The molecular weight excluding hydrogens is 390 g/mol. The Bertz CT molecular complexity index is 840. The lowest BCUT2D eigenvalue weighted by molar-refractivity contribution is -0.119. The molecule has 0 radical (unpaired) electrons. The molecule has 1 atom stereocenters. The van der Waals surface area contributed by atoms with Crippen molar-refractivity contribution in [2.45, 2.75) is 42.8 Å². The minimum absolute atomic E-state index is 0.229. The molecule has 144 valence electrons. The summed E-state index contributed by atoms with van der Waals surface area (Å²) in [5.41, 5.74) is 0. The van der Waals surface area contributed by atoms with Crippen LogP contribution in [0.1, 0.15) is 31.6 Å². The third-order valence-electron chi connectivity index (χ3n) is 3.96. The molecule has 1 aliphatic carbocycles. The fourth-order valence-electron chi connectivity index (χ4n) is 2.38. The lowest BCUT2D eigenvalue weighted by Gasteiger charge is -2.13. The number of urea groups is 1. The number of carbonyl (C=O) groups excluding carboxylic acids is 2. The first kappa shape index (κ1) is 19.5. The minimum Gasteiger partial charge on any atom is -0.484 e. The van der Waals surface area contributed by atoms with Gasteiger partial charge in [0.1, 0.15) is 12.4 Å². The number of hydrogen-bond donors (Lipinski definition) is 2. The number of amides is 3. The second-order valence-corrected chi connectivity index (χ2v) is 7.76. The van der Waals surface area contributed by atoms with E-state index in [9.17, 15) is 9.59 Å². The number of ether oxygens (including phenoxy) is 1. The molecule has 0 bridgehead atoms. The second-order valence-electron chi connectivity index (χ2n) is 6.05. The van der Waals surface area contributed by atoms with Crippen LogP contribution in [-0.2, 0) is 11.4 Å². The SMILES string of the molecule is CNC(=O)NC(=O)C(C)Sc1nnc(COc2ccccc2Cl)n1C1CC1. The highest BCUT2D eigenvalue weighted by molar-refractivity contribution is 8.00. The zero-order chi connectivity index (χ0) is 19.4. The molecule has 3 rings (SSSR count). The van der Waals surface area contributed by atoms with Gasteiger partial charge in [0.15, 0.2) is 11.0 Å². The van der Waals surface area contributed by atoms with Gasteiger partial charge in [-0.15, -0.1) is 10.2 Å². The summed E-state index contributed by atoms with van der Waals surface area (Å²) in [6.45, 7) is 1.95. The summed E-state index contributed by atoms with van der Waals surface area (Å²) >= 11 is 7.38. The van der Waals surface area contributed by atoms with E-state index in [0.29, 0.717) is 27.8 Å². The monoisotopic (exact) mass is 409 g/mol. The lowest BCUT2D eigenvalue weighted by atomic mass is 10.3. The van der Waals surface area contributed by atoms with Gasteiger partial charge in [0.25, 0.3) is 0 Å². The number of aromatic nitrogens is 3. The summed E-state index contributed by atoms with van der Waals surface area (Å²) in [5.74, 6) is 0.870. The van der Waals surface area contributed by atoms with E-state index in [0.717, 1.165) is 12.8 Å². The molecule has 10 heteroatoms. The maximum atomic E-state index is 12.1. The van der Waals surface area contributed by atoms with E-state index in [4.69, 9.17) is 16.3 Å². The summed E-state index contributed by atoms with van der Waals surface area (Å²) in [5, 5.41) is 13.7. The van der Waals surface area contributed by atoms with Crippen molar-refractivity contribution < 1.29 is 14.3 Å². The van der Waals surface area contributed by atoms with Gasteiger partial charge in [0.2, 0.25) is 5.91 Å². The number of thioether (sulfide) groups is 1. The smallest absolute Gasteiger partial charge is 0.321 e. The average molecular weight is 410 g/mol. The lowest BCUT2D eigenvalue weighted by Crippen LogP contribution is -2.41. The summed E-state index contributed by atoms with van der Waals surface area (Å²) in [6.07, 6.45) is 2.06. The second kappa shape index (κ2) is 8.62. The van der Waals surface area contributed by atoms with Gasteiger partial charge in [0.05, 0.1) is 10.3 Å². The number of para-hydroxylation sites is 1. The summed E-state index contributed by atoms with van der Waals surface area (Å²) in [7, 11) is 1.45. The Labute approximate surface area is 166 Å². The molecule has 0 spiro atoms. The van der Waals surface area contributed by atoms with E-state index >= 15 is 0 Å². The molecule has 27 heavy (non-hydrogen) atoms. The van der Waals surface area contributed by atoms with Crippen molar-refractivity contribution >= 4 is 35.3 Å². The van der Waals surface area contributed by atoms with Crippen molar-refractivity contribution in [1.82, 2.24) is 25.4 Å². The minimum atomic E-state index is -0.537.